The van der Waals surface area contributed by atoms with Gasteiger partial charge >= 0.3 is 6.09 Å². The highest BCUT2D eigenvalue weighted by molar-refractivity contribution is 5.70. The molecule has 2 aliphatic rings. The molecule has 2 unspecified atom stereocenters. The van der Waals surface area contributed by atoms with Crippen molar-refractivity contribution >= 4 is 6.09 Å². The minimum absolute atomic E-state index is 0.0661. The highest BCUT2D eigenvalue weighted by Crippen LogP contribution is 2.42. The van der Waals surface area contributed by atoms with E-state index in [1.165, 1.54) is 0 Å². The van der Waals surface area contributed by atoms with Crippen molar-refractivity contribution in [2.75, 3.05) is 0 Å². The maximum atomic E-state index is 12.6. The highest BCUT2D eigenvalue weighted by atomic mass is 16.6. The molecule has 0 spiro atoms. The lowest BCUT2D eigenvalue weighted by Gasteiger charge is -2.36. The molecule has 7 nitrogen and oxygen atoms in total. The monoisotopic (exact) mass is 327 g/mol. The predicted octanol–water partition coefficient (Wildman–Crippen LogP) is 2.79. The van der Waals surface area contributed by atoms with Crippen LogP contribution in [0.5, 0.6) is 0 Å². The van der Waals surface area contributed by atoms with Crippen molar-refractivity contribution in [3.05, 3.63) is 30.2 Å². The molecule has 1 amide bonds. The number of amides is 1. The van der Waals surface area contributed by atoms with Crippen LogP contribution in [0.2, 0.25) is 0 Å². The van der Waals surface area contributed by atoms with Gasteiger partial charge in [-0.25, -0.2) is 4.79 Å². The average molecular weight is 327 g/mol. The van der Waals surface area contributed by atoms with Gasteiger partial charge in [-0.3, -0.25) is 9.88 Å². The van der Waals surface area contributed by atoms with Crippen LogP contribution in [-0.2, 0) is 11.3 Å². The van der Waals surface area contributed by atoms with Crippen molar-refractivity contribution in [2.24, 2.45) is 0 Å². The van der Waals surface area contributed by atoms with Crippen LogP contribution in [0.25, 0.3) is 11.5 Å². The molecule has 4 heterocycles. The zero-order valence-electron chi connectivity index (χ0n) is 14.1. The molecule has 2 aromatic rings. The quantitative estimate of drug-likeness (QED) is 0.805. The summed E-state index contributed by atoms with van der Waals surface area (Å²) in [6.07, 6.45) is 3.34. The Hall–Kier alpha value is -2.44. The molecule has 2 bridgehead atoms. The van der Waals surface area contributed by atoms with Crippen LogP contribution >= 0.6 is 0 Å². The minimum atomic E-state index is -0.499. The van der Waals surface area contributed by atoms with E-state index >= 15 is 0 Å². The standard InChI is InChI=1S/C17H21N5O2/c1-17(2,3)24-16(23)22-11-7-8-13(22)15-20-19-14(21(15)10-11)12-6-4-5-9-18-12/h4-6,9,11,13H,7-8,10H2,1-3H3. The number of pyridine rings is 1. The van der Waals surface area contributed by atoms with Gasteiger partial charge in [-0.1, -0.05) is 6.07 Å². The van der Waals surface area contributed by atoms with Gasteiger partial charge in [0.05, 0.1) is 12.1 Å². The van der Waals surface area contributed by atoms with Crippen molar-refractivity contribution in [3.8, 4) is 11.5 Å². The largest absolute Gasteiger partial charge is 0.444 e. The molecule has 1 fully saturated rings. The molecule has 7 heteroatoms. The van der Waals surface area contributed by atoms with Gasteiger partial charge in [0.1, 0.15) is 11.3 Å². The number of nitrogens with zero attached hydrogens (tertiary/aromatic N) is 5. The number of aromatic nitrogens is 4. The number of fused-ring (bicyclic) bond motifs is 4. The number of carbonyl (C=O) groups excluding carboxylic acids is 1. The Labute approximate surface area is 140 Å². The molecule has 4 rings (SSSR count). The third-order valence-corrected chi connectivity index (χ3v) is 4.47. The van der Waals surface area contributed by atoms with E-state index in [0.29, 0.717) is 6.54 Å². The fourth-order valence-electron chi connectivity index (χ4n) is 3.54. The summed E-state index contributed by atoms with van der Waals surface area (Å²) in [7, 11) is 0. The fourth-order valence-corrected chi connectivity index (χ4v) is 3.54. The van der Waals surface area contributed by atoms with Crippen LogP contribution in [-0.4, -0.2) is 42.4 Å². The van der Waals surface area contributed by atoms with E-state index in [2.05, 4.69) is 19.7 Å². The summed E-state index contributed by atoms with van der Waals surface area (Å²) in [5.74, 6) is 1.60. The van der Waals surface area contributed by atoms with Crippen LogP contribution in [0.1, 0.15) is 45.5 Å². The van der Waals surface area contributed by atoms with Crippen molar-refractivity contribution in [3.63, 3.8) is 0 Å². The summed E-state index contributed by atoms with van der Waals surface area (Å²) in [5, 5.41) is 8.69. The summed E-state index contributed by atoms with van der Waals surface area (Å²) in [5.41, 5.74) is 0.308. The van der Waals surface area contributed by atoms with E-state index < -0.39 is 5.60 Å². The van der Waals surface area contributed by atoms with Gasteiger partial charge in [0.15, 0.2) is 11.6 Å². The lowest BCUT2D eigenvalue weighted by molar-refractivity contribution is 0.00789. The number of ether oxygens (including phenoxy) is 1. The minimum Gasteiger partial charge on any atom is -0.444 e. The Bertz CT molecular complexity index is 765. The van der Waals surface area contributed by atoms with E-state index in [-0.39, 0.29) is 18.2 Å². The SMILES string of the molecule is CC(C)(C)OC(=O)N1C2CCC1c1nnc(-c3ccccn3)n1C2. The Morgan fingerprint density at radius 3 is 2.79 bits per heavy atom. The van der Waals surface area contributed by atoms with Crippen LogP contribution in [0.4, 0.5) is 4.79 Å². The number of hydrogen-bond acceptors (Lipinski definition) is 5. The van der Waals surface area contributed by atoms with Gasteiger partial charge in [-0.05, 0) is 45.7 Å². The van der Waals surface area contributed by atoms with Crippen molar-refractivity contribution in [2.45, 2.75) is 57.8 Å². The number of hydrogen-bond donors (Lipinski definition) is 0. The third-order valence-electron chi connectivity index (χ3n) is 4.47. The van der Waals surface area contributed by atoms with Crippen molar-refractivity contribution < 1.29 is 9.53 Å². The first-order valence-electron chi connectivity index (χ1n) is 8.30. The van der Waals surface area contributed by atoms with Gasteiger partial charge in [0, 0.05) is 12.7 Å². The number of carbonyl (C=O) groups is 1. The molecule has 126 valence electrons. The van der Waals surface area contributed by atoms with E-state index in [1.807, 2.05) is 43.9 Å². The summed E-state index contributed by atoms with van der Waals surface area (Å²) in [6, 6.07) is 5.80. The van der Waals surface area contributed by atoms with Gasteiger partial charge in [0.2, 0.25) is 0 Å². The molecule has 2 atom stereocenters. The second-order valence-corrected chi connectivity index (χ2v) is 7.34. The molecule has 0 N–H and O–H groups in total. The molecule has 0 saturated carbocycles. The Morgan fingerprint density at radius 2 is 2.08 bits per heavy atom. The van der Waals surface area contributed by atoms with Crippen LogP contribution in [0.15, 0.2) is 24.4 Å². The normalized spacial score (nSPS) is 22.4. The molecule has 1 saturated heterocycles. The molecule has 24 heavy (non-hydrogen) atoms. The highest BCUT2D eigenvalue weighted by Gasteiger charge is 2.46. The van der Waals surface area contributed by atoms with E-state index in [1.54, 1.807) is 6.20 Å². The van der Waals surface area contributed by atoms with Gasteiger partial charge in [-0.2, -0.15) is 0 Å². The first-order chi connectivity index (χ1) is 11.4. The average Bonchev–Trinajstić information content (AvgIpc) is 3.08. The van der Waals surface area contributed by atoms with Crippen LogP contribution < -0.4 is 0 Å². The summed E-state index contributed by atoms with van der Waals surface area (Å²) < 4.78 is 7.68. The topological polar surface area (TPSA) is 73.1 Å². The lowest BCUT2D eigenvalue weighted by atomic mass is 10.2. The second-order valence-electron chi connectivity index (χ2n) is 7.34. The first kappa shape index (κ1) is 15.1. The summed E-state index contributed by atoms with van der Waals surface area (Å²) in [6.45, 7) is 6.35. The Balaban J connectivity index is 1.67. The summed E-state index contributed by atoms with van der Waals surface area (Å²) in [4.78, 5) is 18.8. The Kier molecular flexibility index (Phi) is 3.33. The molecule has 2 aromatic heterocycles. The molecule has 0 radical (unpaired) electrons. The van der Waals surface area contributed by atoms with Crippen LogP contribution in [0, 0.1) is 0 Å². The third kappa shape index (κ3) is 2.44. The molecular weight excluding hydrogens is 306 g/mol. The molecular formula is C17H21N5O2. The van der Waals surface area contributed by atoms with Crippen molar-refractivity contribution in [1.82, 2.24) is 24.6 Å². The van der Waals surface area contributed by atoms with Crippen molar-refractivity contribution in [1.29, 1.82) is 0 Å². The Morgan fingerprint density at radius 1 is 1.25 bits per heavy atom. The summed E-state index contributed by atoms with van der Waals surface area (Å²) >= 11 is 0. The maximum absolute atomic E-state index is 12.6. The maximum Gasteiger partial charge on any atom is 0.411 e. The fraction of sp³-hybridized carbons (Fsp3) is 0.529. The van der Waals surface area contributed by atoms with Crippen LogP contribution in [0.3, 0.4) is 0 Å². The molecule has 0 aliphatic carbocycles. The van der Waals surface area contributed by atoms with E-state index in [0.717, 1.165) is 30.2 Å². The zero-order chi connectivity index (χ0) is 16.9. The smallest absolute Gasteiger partial charge is 0.411 e. The van der Waals surface area contributed by atoms with Gasteiger partial charge in [-0.15, -0.1) is 10.2 Å². The second kappa shape index (κ2) is 5.29. The van der Waals surface area contributed by atoms with E-state index in [4.69, 9.17) is 4.74 Å². The molecule has 0 aromatic carbocycles. The van der Waals surface area contributed by atoms with Gasteiger partial charge in [0.25, 0.3) is 0 Å². The molecule has 2 aliphatic heterocycles. The number of rotatable bonds is 1. The van der Waals surface area contributed by atoms with E-state index in [9.17, 15) is 4.79 Å². The zero-order valence-corrected chi connectivity index (χ0v) is 14.1. The predicted molar refractivity (Wildman–Crippen MR) is 87.1 cm³/mol. The van der Waals surface area contributed by atoms with Gasteiger partial charge < -0.3 is 9.30 Å². The lowest BCUT2D eigenvalue weighted by Crippen LogP contribution is -2.46. The first-order valence-corrected chi connectivity index (χ1v) is 8.30.